The van der Waals surface area contributed by atoms with Gasteiger partial charge in [-0.05, 0) is 30.5 Å². The van der Waals surface area contributed by atoms with Crippen molar-refractivity contribution < 1.29 is 19.0 Å². The first kappa shape index (κ1) is 17.2. The van der Waals surface area contributed by atoms with Gasteiger partial charge in [-0.25, -0.2) is 4.39 Å². The van der Waals surface area contributed by atoms with Crippen LogP contribution in [0.2, 0.25) is 0 Å². The molecule has 0 saturated carbocycles. The van der Waals surface area contributed by atoms with Crippen LogP contribution in [-0.4, -0.2) is 29.3 Å². The Morgan fingerprint density at radius 2 is 2.12 bits per heavy atom. The van der Waals surface area contributed by atoms with Crippen molar-refractivity contribution in [3.8, 4) is 5.75 Å². The number of pyridine rings is 1. The lowest BCUT2D eigenvalue weighted by molar-refractivity contribution is 0.0932. The van der Waals surface area contributed by atoms with E-state index in [1.807, 2.05) is 0 Å². The standard InChI is InChI=1S/C18H19FN2O4/c1-25-17-15(23)8-13-6-7-14(10-22)21(13)16(17)18(24)20-9-11-2-4-12(19)5-3-11/h2-5,8,14,22H,6-7,9-10H2,1H3,(H,20,24). The van der Waals surface area contributed by atoms with Crippen molar-refractivity contribution in [2.75, 3.05) is 13.7 Å². The number of aromatic nitrogens is 1. The third-order valence-electron chi connectivity index (χ3n) is 4.38. The molecule has 1 aliphatic rings. The van der Waals surface area contributed by atoms with Crippen LogP contribution in [-0.2, 0) is 13.0 Å². The number of ether oxygens (including phenoxy) is 1. The minimum atomic E-state index is -0.472. The number of rotatable bonds is 5. The lowest BCUT2D eigenvalue weighted by atomic mass is 10.2. The molecule has 1 aromatic carbocycles. The predicted molar refractivity (Wildman–Crippen MR) is 89.3 cm³/mol. The van der Waals surface area contributed by atoms with E-state index in [0.29, 0.717) is 18.5 Å². The maximum absolute atomic E-state index is 13.0. The average Bonchev–Trinajstić information content (AvgIpc) is 3.02. The van der Waals surface area contributed by atoms with Gasteiger partial charge < -0.3 is 19.7 Å². The van der Waals surface area contributed by atoms with Crippen molar-refractivity contribution in [1.82, 2.24) is 9.88 Å². The molecule has 0 bridgehead atoms. The van der Waals surface area contributed by atoms with Crippen LogP contribution >= 0.6 is 0 Å². The van der Waals surface area contributed by atoms with E-state index in [1.54, 1.807) is 16.7 Å². The number of carbonyl (C=O) groups is 1. The fraction of sp³-hybridized carbons (Fsp3) is 0.333. The molecule has 0 spiro atoms. The molecule has 0 aliphatic carbocycles. The second kappa shape index (κ2) is 7.06. The normalized spacial score (nSPS) is 15.7. The molecule has 3 rings (SSSR count). The zero-order valence-corrected chi connectivity index (χ0v) is 13.8. The van der Waals surface area contributed by atoms with Crippen molar-refractivity contribution in [2.24, 2.45) is 0 Å². The fourth-order valence-corrected chi connectivity index (χ4v) is 3.16. The Morgan fingerprint density at radius 3 is 2.76 bits per heavy atom. The SMILES string of the molecule is COc1c(C(=O)NCc2ccc(F)cc2)n2c(cc1=O)CCC2CO. The highest BCUT2D eigenvalue weighted by Gasteiger charge is 2.30. The smallest absolute Gasteiger partial charge is 0.272 e. The Kier molecular flexibility index (Phi) is 4.85. The maximum atomic E-state index is 13.0. The van der Waals surface area contributed by atoms with E-state index in [0.717, 1.165) is 5.56 Å². The topological polar surface area (TPSA) is 80.6 Å². The molecule has 0 fully saturated rings. The molecule has 2 heterocycles. The summed E-state index contributed by atoms with van der Waals surface area (Å²) >= 11 is 0. The van der Waals surface area contributed by atoms with E-state index in [-0.39, 0.29) is 41.9 Å². The summed E-state index contributed by atoms with van der Waals surface area (Å²) in [5.41, 5.74) is 1.19. The number of hydrogen-bond acceptors (Lipinski definition) is 4. The molecule has 2 aromatic rings. The lowest BCUT2D eigenvalue weighted by Gasteiger charge is -2.20. The first-order chi connectivity index (χ1) is 12.0. The molecule has 1 aliphatic heterocycles. The summed E-state index contributed by atoms with van der Waals surface area (Å²) in [6, 6.07) is 6.96. The van der Waals surface area contributed by atoms with E-state index < -0.39 is 5.91 Å². The number of nitrogens with one attached hydrogen (secondary N) is 1. The Bertz CT molecular complexity index is 845. The van der Waals surface area contributed by atoms with Crippen LogP contribution < -0.4 is 15.5 Å². The number of methoxy groups -OCH3 is 1. The van der Waals surface area contributed by atoms with E-state index in [1.165, 1.54) is 25.3 Å². The fourth-order valence-electron chi connectivity index (χ4n) is 3.16. The molecule has 1 unspecified atom stereocenters. The van der Waals surface area contributed by atoms with Crippen LogP contribution in [0.4, 0.5) is 4.39 Å². The van der Waals surface area contributed by atoms with E-state index >= 15 is 0 Å². The Hall–Kier alpha value is -2.67. The summed E-state index contributed by atoms with van der Waals surface area (Å²) in [5.74, 6) is -0.865. The average molecular weight is 346 g/mol. The molecule has 0 radical (unpaired) electrons. The highest BCUT2D eigenvalue weighted by atomic mass is 19.1. The molecule has 1 atom stereocenters. The number of fused-ring (bicyclic) bond motifs is 1. The second-order valence-corrected chi connectivity index (χ2v) is 5.94. The highest BCUT2D eigenvalue weighted by molar-refractivity contribution is 5.95. The van der Waals surface area contributed by atoms with Crippen molar-refractivity contribution in [2.45, 2.75) is 25.4 Å². The van der Waals surface area contributed by atoms with Gasteiger partial charge in [0.05, 0.1) is 19.8 Å². The minimum Gasteiger partial charge on any atom is -0.491 e. The summed E-state index contributed by atoms with van der Waals surface area (Å²) in [7, 11) is 1.34. The van der Waals surface area contributed by atoms with Gasteiger partial charge in [-0.15, -0.1) is 0 Å². The van der Waals surface area contributed by atoms with Crippen molar-refractivity contribution in [3.63, 3.8) is 0 Å². The summed E-state index contributed by atoms with van der Waals surface area (Å²) in [6.45, 7) is 0.0573. The number of aryl methyl sites for hydroxylation is 1. The second-order valence-electron chi connectivity index (χ2n) is 5.94. The number of amides is 1. The molecule has 1 aromatic heterocycles. The number of benzene rings is 1. The van der Waals surface area contributed by atoms with E-state index in [2.05, 4.69) is 5.32 Å². The lowest BCUT2D eigenvalue weighted by Crippen LogP contribution is -2.31. The number of nitrogens with zero attached hydrogens (tertiary/aromatic N) is 1. The number of hydrogen-bond donors (Lipinski definition) is 2. The van der Waals surface area contributed by atoms with Gasteiger partial charge in [0.15, 0.2) is 11.4 Å². The molecule has 2 N–H and O–H groups in total. The third kappa shape index (κ3) is 3.28. The molecule has 25 heavy (non-hydrogen) atoms. The Morgan fingerprint density at radius 1 is 1.40 bits per heavy atom. The van der Waals surface area contributed by atoms with Crippen LogP contribution in [0.5, 0.6) is 5.75 Å². The van der Waals surface area contributed by atoms with Crippen LogP contribution in [0, 0.1) is 5.82 Å². The van der Waals surface area contributed by atoms with Crippen molar-refractivity contribution >= 4 is 5.91 Å². The van der Waals surface area contributed by atoms with Crippen molar-refractivity contribution in [3.05, 3.63) is 63.3 Å². The molecule has 1 amide bonds. The summed E-state index contributed by atoms with van der Waals surface area (Å²) in [4.78, 5) is 25.0. The van der Waals surface area contributed by atoms with Gasteiger partial charge in [0.1, 0.15) is 5.82 Å². The molecule has 0 saturated heterocycles. The van der Waals surface area contributed by atoms with Gasteiger partial charge in [0.2, 0.25) is 5.43 Å². The largest absolute Gasteiger partial charge is 0.491 e. The number of aliphatic hydroxyl groups is 1. The molecule has 132 valence electrons. The van der Waals surface area contributed by atoms with Gasteiger partial charge in [-0.1, -0.05) is 12.1 Å². The van der Waals surface area contributed by atoms with Gasteiger partial charge in [-0.2, -0.15) is 0 Å². The number of carbonyl (C=O) groups excluding carboxylic acids is 1. The van der Waals surface area contributed by atoms with E-state index in [9.17, 15) is 19.1 Å². The molecule has 6 nitrogen and oxygen atoms in total. The third-order valence-corrected chi connectivity index (χ3v) is 4.38. The maximum Gasteiger partial charge on any atom is 0.272 e. The Labute approximate surface area is 143 Å². The van der Waals surface area contributed by atoms with Crippen LogP contribution in [0.25, 0.3) is 0 Å². The molecular formula is C18H19FN2O4. The molecular weight excluding hydrogens is 327 g/mol. The van der Waals surface area contributed by atoms with E-state index in [4.69, 9.17) is 4.74 Å². The van der Waals surface area contributed by atoms with Gasteiger partial charge >= 0.3 is 0 Å². The first-order valence-corrected chi connectivity index (χ1v) is 8.01. The van der Waals surface area contributed by atoms with Gasteiger partial charge in [0, 0.05) is 18.3 Å². The zero-order valence-electron chi connectivity index (χ0n) is 13.8. The number of aliphatic hydroxyl groups excluding tert-OH is 1. The first-order valence-electron chi connectivity index (χ1n) is 8.01. The van der Waals surface area contributed by atoms with Gasteiger partial charge in [0.25, 0.3) is 5.91 Å². The van der Waals surface area contributed by atoms with Crippen LogP contribution in [0.1, 0.15) is 34.2 Å². The van der Waals surface area contributed by atoms with Crippen LogP contribution in [0.15, 0.2) is 35.1 Å². The van der Waals surface area contributed by atoms with Crippen molar-refractivity contribution in [1.29, 1.82) is 0 Å². The zero-order chi connectivity index (χ0) is 18.0. The number of halogens is 1. The van der Waals surface area contributed by atoms with Gasteiger partial charge in [-0.3, -0.25) is 9.59 Å². The quantitative estimate of drug-likeness (QED) is 0.858. The molecule has 7 heteroatoms. The summed E-state index contributed by atoms with van der Waals surface area (Å²) < 4.78 is 19.8. The highest BCUT2D eigenvalue weighted by Crippen LogP contribution is 2.30. The Balaban J connectivity index is 1.93. The van der Waals surface area contributed by atoms with Crippen LogP contribution in [0.3, 0.4) is 0 Å². The monoisotopic (exact) mass is 346 g/mol. The summed E-state index contributed by atoms with van der Waals surface area (Å²) in [5, 5.41) is 12.3. The summed E-state index contributed by atoms with van der Waals surface area (Å²) in [6.07, 6.45) is 1.27. The minimum absolute atomic E-state index is 0.0410. The predicted octanol–water partition coefficient (Wildman–Crippen LogP) is 1.41.